The summed E-state index contributed by atoms with van der Waals surface area (Å²) in [6.45, 7) is 3.92. The van der Waals surface area contributed by atoms with E-state index in [0.29, 0.717) is 16.7 Å². The third kappa shape index (κ3) is 4.15. The van der Waals surface area contributed by atoms with Gasteiger partial charge in [-0.05, 0) is 66.1 Å². The summed E-state index contributed by atoms with van der Waals surface area (Å²) in [4.78, 5) is 15.2. The van der Waals surface area contributed by atoms with E-state index in [1.807, 2.05) is 74.7 Å². The zero-order valence-electron chi connectivity index (χ0n) is 19.8. The molecule has 4 aromatic rings. The van der Waals surface area contributed by atoms with Crippen LogP contribution >= 0.6 is 11.8 Å². The van der Waals surface area contributed by atoms with Crippen molar-refractivity contribution in [2.45, 2.75) is 24.3 Å². The average molecular weight is 469 g/mol. The second-order valence-corrected chi connectivity index (χ2v) is 9.15. The lowest BCUT2D eigenvalue weighted by atomic mass is 9.75. The SMILES string of the molecule is COc1c(C)cc(C(O)(C(=O)c2ccccc2)c2ccccc2)c(-c2ccc(SC)cc2)c1C. The molecule has 34 heavy (non-hydrogen) atoms. The van der Waals surface area contributed by atoms with Gasteiger partial charge in [0.1, 0.15) is 5.75 Å². The molecule has 0 spiro atoms. The molecule has 0 saturated carbocycles. The number of Topliss-reactive ketones (excluding diaryl/α,β-unsaturated/α-hetero) is 1. The van der Waals surface area contributed by atoms with Crippen LogP contribution < -0.4 is 4.74 Å². The van der Waals surface area contributed by atoms with E-state index in [2.05, 4.69) is 12.1 Å². The number of ether oxygens (including phenoxy) is 1. The maximum absolute atomic E-state index is 14.0. The number of aryl methyl sites for hydroxylation is 1. The Morgan fingerprint density at radius 2 is 1.47 bits per heavy atom. The van der Waals surface area contributed by atoms with Gasteiger partial charge in [-0.3, -0.25) is 4.79 Å². The summed E-state index contributed by atoms with van der Waals surface area (Å²) < 4.78 is 5.73. The maximum Gasteiger partial charge on any atom is 0.203 e. The normalized spacial score (nSPS) is 12.7. The lowest BCUT2D eigenvalue weighted by Crippen LogP contribution is -2.38. The Balaban J connectivity index is 2.08. The number of aliphatic hydroxyl groups is 1. The van der Waals surface area contributed by atoms with E-state index < -0.39 is 5.60 Å². The molecule has 1 unspecified atom stereocenters. The summed E-state index contributed by atoms with van der Waals surface area (Å²) in [5, 5.41) is 12.4. The summed E-state index contributed by atoms with van der Waals surface area (Å²) >= 11 is 1.67. The molecule has 1 N–H and O–H groups in total. The van der Waals surface area contributed by atoms with Crippen molar-refractivity contribution in [3.05, 3.63) is 119 Å². The van der Waals surface area contributed by atoms with Gasteiger partial charge in [-0.15, -0.1) is 11.8 Å². The minimum atomic E-state index is -1.89. The van der Waals surface area contributed by atoms with Crippen LogP contribution in [0.25, 0.3) is 11.1 Å². The molecule has 0 radical (unpaired) electrons. The minimum Gasteiger partial charge on any atom is -0.496 e. The van der Waals surface area contributed by atoms with Gasteiger partial charge in [-0.2, -0.15) is 0 Å². The Morgan fingerprint density at radius 1 is 0.882 bits per heavy atom. The average Bonchev–Trinajstić information content (AvgIpc) is 2.89. The molecule has 0 bridgehead atoms. The highest BCUT2D eigenvalue weighted by molar-refractivity contribution is 7.98. The van der Waals surface area contributed by atoms with Crippen LogP contribution in [0.15, 0.2) is 95.9 Å². The Bertz CT molecular complexity index is 1300. The van der Waals surface area contributed by atoms with Gasteiger partial charge in [0.2, 0.25) is 5.78 Å². The number of thioether (sulfide) groups is 1. The van der Waals surface area contributed by atoms with Crippen LogP contribution in [0.2, 0.25) is 0 Å². The second-order valence-electron chi connectivity index (χ2n) is 8.27. The molecule has 3 nitrogen and oxygen atoms in total. The quantitative estimate of drug-likeness (QED) is 0.239. The molecule has 4 aromatic carbocycles. The molecule has 172 valence electrons. The Hall–Kier alpha value is -3.34. The molecular weight excluding hydrogens is 440 g/mol. The molecular formula is C30H28O3S. The highest BCUT2D eigenvalue weighted by Crippen LogP contribution is 2.44. The number of benzene rings is 4. The van der Waals surface area contributed by atoms with E-state index in [9.17, 15) is 9.90 Å². The zero-order valence-corrected chi connectivity index (χ0v) is 20.6. The van der Waals surface area contributed by atoms with Crippen LogP contribution in [0.5, 0.6) is 5.75 Å². The van der Waals surface area contributed by atoms with Crippen LogP contribution in [0.1, 0.15) is 32.6 Å². The Kier molecular flexibility index (Phi) is 6.92. The Labute approximate surface area is 205 Å². The lowest BCUT2D eigenvalue weighted by molar-refractivity contribution is 0.0489. The van der Waals surface area contributed by atoms with Crippen molar-refractivity contribution in [3.8, 4) is 16.9 Å². The van der Waals surface area contributed by atoms with Gasteiger partial charge in [0.05, 0.1) is 7.11 Å². The van der Waals surface area contributed by atoms with Crippen molar-refractivity contribution in [3.63, 3.8) is 0 Å². The fourth-order valence-electron chi connectivity index (χ4n) is 4.58. The summed E-state index contributed by atoms with van der Waals surface area (Å²) in [7, 11) is 1.65. The first-order valence-electron chi connectivity index (χ1n) is 11.1. The van der Waals surface area contributed by atoms with Gasteiger partial charge in [0.25, 0.3) is 0 Å². The number of hydrogen-bond acceptors (Lipinski definition) is 4. The van der Waals surface area contributed by atoms with Gasteiger partial charge >= 0.3 is 0 Å². The summed E-state index contributed by atoms with van der Waals surface area (Å²) in [6.07, 6.45) is 2.03. The molecule has 0 heterocycles. The smallest absolute Gasteiger partial charge is 0.203 e. The van der Waals surface area contributed by atoms with Gasteiger partial charge < -0.3 is 9.84 Å². The van der Waals surface area contributed by atoms with Crippen molar-refractivity contribution >= 4 is 17.5 Å². The number of carbonyl (C=O) groups excluding carboxylic acids is 1. The van der Waals surface area contributed by atoms with Crippen LogP contribution in [-0.4, -0.2) is 24.3 Å². The predicted octanol–water partition coefficient (Wildman–Crippen LogP) is 6.82. The first kappa shape index (κ1) is 23.8. The van der Waals surface area contributed by atoms with E-state index in [-0.39, 0.29) is 5.78 Å². The zero-order chi connectivity index (χ0) is 24.3. The van der Waals surface area contributed by atoms with Crippen molar-refractivity contribution in [1.82, 2.24) is 0 Å². The number of carbonyl (C=O) groups is 1. The molecule has 0 amide bonds. The summed E-state index contributed by atoms with van der Waals surface area (Å²) in [5.74, 6) is 0.375. The predicted molar refractivity (Wildman–Crippen MR) is 140 cm³/mol. The van der Waals surface area contributed by atoms with Crippen LogP contribution in [-0.2, 0) is 5.60 Å². The minimum absolute atomic E-state index is 0.370. The Morgan fingerprint density at radius 3 is 2.03 bits per heavy atom. The highest BCUT2D eigenvalue weighted by atomic mass is 32.2. The number of rotatable bonds is 7. The lowest BCUT2D eigenvalue weighted by Gasteiger charge is -2.32. The molecule has 1 atom stereocenters. The largest absolute Gasteiger partial charge is 0.496 e. The molecule has 0 aliphatic heterocycles. The van der Waals surface area contributed by atoms with E-state index in [4.69, 9.17) is 4.74 Å². The summed E-state index contributed by atoms with van der Waals surface area (Å²) in [6, 6.07) is 28.2. The topological polar surface area (TPSA) is 46.5 Å². The van der Waals surface area contributed by atoms with Crippen LogP contribution in [0.3, 0.4) is 0 Å². The third-order valence-corrected chi connectivity index (χ3v) is 6.98. The number of methoxy groups -OCH3 is 1. The standard InChI is InChI=1S/C30H28O3S/c1-20-19-26(27(21(2)28(20)33-3)22-15-17-25(34-4)18-16-22)30(32,24-13-9-6-10-14-24)29(31)23-11-7-5-8-12-23/h5-19,32H,1-4H3. The van der Waals surface area contributed by atoms with E-state index >= 15 is 0 Å². The van der Waals surface area contributed by atoms with Crippen molar-refractivity contribution in [2.75, 3.05) is 13.4 Å². The fraction of sp³-hybridized carbons (Fsp3) is 0.167. The molecule has 0 aliphatic rings. The molecule has 0 saturated heterocycles. The van der Waals surface area contributed by atoms with E-state index in [1.165, 1.54) is 0 Å². The van der Waals surface area contributed by atoms with Gasteiger partial charge in [0.15, 0.2) is 5.60 Å². The second kappa shape index (κ2) is 9.88. The van der Waals surface area contributed by atoms with Crippen LogP contribution in [0, 0.1) is 13.8 Å². The van der Waals surface area contributed by atoms with Gasteiger partial charge in [0, 0.05) is 16.0 Å². The first-order chi connectivity index (χ1) is 16.4. The van der Waals surface area contributed by atoms with Crippen LogP contribution in [0.4, 0.5) is 0 Å². The molecule has 0 aromatic heterocycles. The maximum atomic E-state index is 14.0. The van der Waals surface area contributed by atoms with E-state index in [1.54, 1.807) is 43.1 Å². The number of hydrogen-bond donors (Lipinski definition) is 1. The molecule has 4 heteroatoms. The number of ketones is 1. The molecule has 0 fully saturated rings. The monoisotopic (exact) mass is 468 g/mol. The van der Waals surface area contributed by atoms with E-state index in [0.717, 1.165) is 32.9 Å². The van der Waals surface area contributed by atoms with Gasteiger partial charge in [-0.25, -0.2) is 0 Å². The van der Waals surface area contributed by atoms with Crippen molar-refractivity contribution < 1.29 is 14.6 Å². The van der Waals surface area contributed by atoms with Gasteiger partial charge in [-0.1, -0.05) is 72.8 Å². The summed E-state index contributed by atoms with van der Waals surface area (Å²) in [5.41, 5.74) is 3.07. The first-order valence-corrected chi connectivity index (χ1v) is 12.3. The fourth-order valence-corrected chi connectivity index (χ4v) is 4.99. The van der Waals surface area contributed by atoms with Crippen molar-refractivity contribution in [2.24, 2.45) is 0 Å². The highest BCUT2D eigenvalue weighted by Gasteiger charge is 2.43. The van der Waals surface area contributed by atoms with Crippen molar-refractivity contribution in [1.29, 1.82) is 0 Å². The molecule has 0 aliphatic carbocycles. The molecule has 4 rings (SSSR count). The third-order valence-electron chi connectivity index (χ3n) is 6.23.